The van der Waals surface area contributed by atoms with Crippen LogP contribution in [0.4, 0.5) is 0 Å². The minimum atomic E-state index is -0.0617. The van der Waals surface area contributed by atoms with Gasteiger partial charge in [0.2, 0.25) is 5.91 Å². The molecule has 1 unspecified atom stereocenters. The Labute approximate surface area is 166 Å². The van der Waals surface area contributed by atoms with E-state index in [-0.39, 0.29) is 17.9 Å². The first-order chi connectivity index (χ1) is 13.8. The molecule has 2 fully saturated rings. The first-order valence-corrected chi connectivity index (χ1v) is 10.5. The lowest BCUT2D eigenvalue weighted by molar-refractivity contribution is -0.123. The molecule has 146 valence electrons. The van der Waals surface area contributed by atoms with Gasteiger partial charge in [0.05, 0.1) is 6.04 Å². The lowest BCUT2D eigenvalue weighted by atomic mass is 9.98. The summed E-state index contributed by atoms with van der Waals surface area (Å²) in [7, 11) is 0. The van der Waals surface area contributed by atoms with Crippen LogP contribution < -0.4 is 14.8 Å². The number of ether oxygens (including phenoxy) is 2. The van der Waals surface area contributed by atoms with Crippen molar-refractivity contribution < 1.29 is 14.3 Å². The molecule has 0 bridgehead atoms. The molecule has 2 aromatic carbocycles. The Bertz CT molecular complexity index is 838. The molecule has 4 atom stereocenters. The number of carbonyl (C=O) groups is 1. The summed E-state index contributed by atoms with van der Waals surface area (Å²) in [6.07, 6.45) is 5.77. The highest BCUT2D eigenvalue weighted by molar-refractivity contribution is 5.82. The Kier molecular flexibility index (Phi) is 4.71. The Balaban J connectivity index is 1.38. The zero-order valence-electron chi connectivity index (χ0n) is 16.1. The van der Waals surface area contributed by atoms with Crippen LogP contribution in [0.3, 0.4) is 0 Å². The predicted molar refractivity (Wildman–Crippen MR) is 107 cm³/mol. The summed E-state index contributed by atoms with van der Waals surface area (Å²) in [5, 5.41) is 3.37. The first kappa shape index (κ1) is 17.6. The maximum atomic E-state index is 13.1. The fraction of sp³-hybridized carbons (Fsp3) is 0.458. The summed E-state index contributed by atoms with van der Waals surface area (Å²) < 4.78 is 11.4. The van der Waals surface area contributed by atoms with E-state index in [4.69, 9.17) is 9.47 Å². The van der Waals surface area contributed by atoms with Crippen molar-refractivity contribution in [3.8, 4) is 11.5 Å². The van der Waals surface area contributed by atoms with Crippen LogP contribution in [0.1, 0.15) is 42.9 Å². The number of hydrogen-bond donors (Lipinski definition) is 1. The Morgan fingerprint density at radius 2 is 1.68 bits per heavy atom. The van der Waals surface area contributed by atoms with Gasteiger partial charge in [0.15, 0.2) is 11.5 Å². The first-order valence-electron chi connectivity index (χ1n) is 10.5. The van der Waals surface area contributed by atoms with Gasteiger partial charge in [0, 0.05) is 5.92 Å². The molecule has 1 heterocycles. The predicted octanol–water partition coefficient (Wildman–Crippen LogP) is 4.29. The molecule has 0 saturated heterocycles. The highest BCUT2D eigenvalue weighted by Gasteiger charge is 2.54. The monoisotopic (exact) mass is 377 g/mol. The maximum Gasteiger partial charge on any atom is 0.224 e. The van der Waals surface area contributed by atoms with Crippen LogP contribution in [0, 0.1) is 17.8 Å². The highest BCUT2D eigenvalue weighted by Crippen LogP contribution is 2.55. The summed E-state index contributed by atoms with van der Waals surface area (Å²) in [5.41, 5.74) is 2.29. The van der Waals surface area contributed by atoms with Gasteiger partial charge >= 0.3 is 0 Å². The smallest absolute Gasteiger partial charge is 0.224 e. The summed E-state index contributed by atoms with van der Waals surface area (Å²) in [5.74, 6) is 3.24. The van der Waals surface area contributed by atoms with Crippen molar-refractivity contribution in [2.24, 2.45) is 17.8 Å². The number of benzene rings is 2. The van der Waals surface area contributed by atoms with Gasteiger partial charge < -0.3 is 14.8 Å². The Morgan fingerprint density at radius 3 is 2.43 bits per heavy atom. The molecule has 0 radical (unpaired) electrons. The molecule has 2 aliphatic carbocycles. The van der Waals surface area contributed by atoms with Gasteiger partial charge in [-0.15, -0.1) is 0 Å². The minimum absolute atomic E-state index is 0.0617. The van der Waals surface area contributed by atoms with E-state index in [1.165, 1.54) is 31.2 Å². The zero-order valence-corrected chi connectivity index (χ0v) is 16.1. The fourth-order valence-corrected chi connectivity index (χ4v) is 5.03. The number of rotatable bonds is 5. The number of hydrogen-bond acceptors (Lipinski definition) is 3. The van der Waals surface area contributed by atoms with Crippen molar-refractivity contribution in [1.29, 1.82) is 0 Å². The lowest BCUT2D eigenvalue weighted by Gasteiger charge is -2.23. The second-order valence-electron chi connectivity index (χ2n) is 8.29. The van der Waals surface area contributed by atoms with Crippen LogP contribution in [0.15, 0.2) is 48.5 Å². The Morgan fingerprint density at radius 1 is 0.964 bits per heavy atom. The molecule has 0 spiro atoms. The fourth-order valence-electron chi connectivity index (χ4n) is 5.03. The maximum absolute atomic E-state index is 13.1. The van der Waals surface area contributed by atoms with Gasteiger partial charge in [0.25, 0.3) is 0 Å². The lowest BCUT2D eigenvalue weighted by Crippen LogP contribution is -2.32. The standard InChI is InChI=1S/C24H27NO3/c26-24(23-18-8-4-5-9-19(18)23)25-20(14-16-6-2-1-3-7-16)17-10-11-21-22(15-17)28-13-12-27-21/h1-3,6-7,10-11,15,18-20,23H,4-5,8-9,12-14H2,(H,25,26)/t18-,19+,20-,23?/m1/s1. The highest BCUT2D eigenvalue weighted by atomic mass is 16.6. The van der Waals surface area contributed by atoms with Crippen LogP contribution in [-0.2, 0) is 11.2 Å². The molecule has 4 heteroatoms. The van der Waals surface area contributed by atoms with Crippen LogP contribution >= 0.6 is 0 Å². The van der Waals surface area contributed by atoms with Gasteiger partial charge in [-0.05, 0) is 54.4 Å². The van der Waals surface area contributed by atoms with Crippen molar-refractivity contribution in [2.75, 3.05) is 13.2 Å². The van der Waals surface area contributed by atoms with Gasteiger partial charge in [-0.25, -0.2) is 0 Å². The molecule has 4 nitrogen and oxygen atoms in total. The summed E-state index contributed by atoms with van der Waals surface area (Å²) in [6, 6.07) is 16.3. The molecule has 2 saturated carbocycles. The molecule has 1 aliphatic heterocycles. The van der Waals surface area contributed by atoms with Crippen molar-refractivity contribution in [3.63, 3.8) is 0 Å². The summed E-state index contributed by atoms with van der Waals surface area (Å²) in [6.45, 7) is 1.15. The molecule has 0 aromatic heterocycles. The molecule has 1 amide bonds. The Hall–Kier alpha value is -2.49. The molecule has 28 heavy (non-hydrogen) atoms. The second kappa shape index (κ2) is 7.50. The topological polar surface area (TPSA) is 47.6 Å². The number of fused-ring (bicyclic) bond motifs is 2. The van der Waals surface area contributed by atoms with E-state index in [0.717, 1.165) is 23.5 Å². The van der Waals surface area contributed by atoms with Gasteiger partial charge in [0.1, 0.15) is 13.2 Å². The molecule has 2 aromatic rings. The van der Waals surface area contributed by atoms with Crippen LogP contribution in [-0.4, -0.2) is 19.1 Å². The quantitative estimate of drug-likeness (QED) is 0.845. The van der Waals surface area contributed by atoms with E-state index in [0.29, 0.717) is 25.0 Å². The second-order valence-corrected chi connectivity index (χ2v) is 8.29. The van der Waals surface area contributed by atoms with E-state index in [9.17, 15) is 4.79 Å². The van der Waals surface area contributed by atoms with E-state index < -0.39 is 0 Å². The van der Waals surface area contributed by atoms with Crippen molar-refractivity contribution >= 4 is 5.91 Å². The van der Waals surface area contributed by atoms with Crippen LogP contribution in [0.5, 0.6) is 11.5 Å². The average molecular weight is 377 g/mol. The number of carbonyl (C=O) groups excluding carboxylic acids is 1. The normalized spacial score (nSPS) is 26.1. The van der Waals surface area contributed by atoms with E-state index in [1.807, 2.05) is 30.3 Å². The van der Waals surface area contributed by atoms with Crippen LogP contribution in [0.25, 0.3) is 0 Å². The molecule has 5 rings (SSSR count). The number of amides is 1. The zero-order chi connectivity index (χ0) is 18.9. The average Bonchev–Trinajstić information content (AvgIpc) is 3.48. The minimum Gasteiger partial charge on any atom is -0.486 e. The largest absolute Gasteiger partial charge is 0.486 e. The number of nitrogens with one attached hydrogen (secondary N) is 1. The summed E-state index contributed by atoms with van der Waals surface area (Å²) in [4.78, 5) is 13.1. The molecular formula is C24H27NO3. The van der Waals surface area contributed by atoms with E-state index >= 15 is 0 Å². The van der Waals surface area contributed by atoms with Crippen molar-refractivity contribution in [1.82, 2.24) is 5.32 Å². The molecule has 3 aliphatic rings. The third-order valence-electron chi connectivity index (χ3n) is 6.53. The van der Waals surface area contributed by atoms with Gasteiger partial charge in [-0.2, -0.15) is 0 Å². The van der Waals surface area contributed by atoms with Crippen molar-refractivity contribution in [3.05, 3.63) is 59.7 Å². The summed E-state index contributed by atoms with van der Waals surface area (Å²) >= 11 is 0. The van der Waals surface area contributed by atoms with Gasteiger partial charge in [-0.3, -0.25) is 4.79 Å². The van der Waals surface area contributed by atoms with Gasteiger partial charge in [-0.1, -0.05) is 49.2 Å². The third-order valence-corrected chi connectivity index (χ3v) is 6.53. The van der Waals surface area contributed by atoms with E-state index in [2.05, 4.69) is 23.5 Å². The SMILES string of the molecule is O=C(N[C@H](Cc1ccccc1)c1ccc2c(c1)OCCO2)C1[C@H]2CCCC[C@@H]12. The molecular weight excluding hydrogens is 350 g/mol. The molecule has 1 N–H and O–H groups in total. The van der Waals surface area contributed by atoms with Crippen molar-refractivity contribution in [2.45, 2.75) is 38.1 Å². The third kappa shape index (κ3) is 3.48. The van der Waals surface area contributed by atoms with Crippen LogP contribution in [0.2, 0.25) is 0 Å². The van der Waals surface area contributed by atoms with E-state index in [1.54, 1.807) is 0 Å².